The molecule has 0 unspecified atom stereocenters. The molecular weight excluding hydrogens is 174 g/mol. The minimum absolute atomic E-state index is 0.843. The lowest BCUT2D eigenvalue weighted by atomic mass is 10.2. The van der Waals surface area contributed by atoms with Crippen molar-refractivity contribution in [3.05, 3.63) is 11.6 Å². The van der Waals surface area contributed by atoms with Crippen LogP contribution in [0.5, 0.6) is 0 Å². The molecule has 0 bridgehead atoms. The van der Waals surface area contributed by atoms with E-state index >= 15 is 0 Å². The molecule has 2 aliphatic rings. The lowest BCUT2D eigenvalue weighted by Gasteiger charge is -2.14. The third kappa shape index (κ3) is 3.81. The van der Waals surface area contributed by atoms with E-state index in [0.29, 0.717) is 0 Å². The second kappa shape index (κ2) is 5.52. The van der Waals surface area contributed by atoms with Crippen molar-refractivity contribution in [2.75, 3.05) is 26.3 Å². The minimum atomic E-state index is 0.843. The van der Waals surface area contributed by atoms with Gasteiger partial charge in [-0.1, -0.05) is 18.9 Å². The van der Waals surface area contributed by atoms with Crippen molar-refractivity contribution in [1.29, 1.82) is 0 Å². The van der Waals surface area contributed by atoms with Crippen molar-refractivity contribution >= 4 is 0 Å². The monoisotopic (exact) mass is 195 g/mol. The smallest absolute Gasteiger partial charge is 0.0689 e. The molecule has 0 aromatic rings. The molecule has 2 nitrogen and oxygen atoms in total. The van der Waals surface area contributed by atoms with Crippen molar-refractivity contribution in [2.45, 2.75) is 32.1 Å². The fourth-order valence-corrected chi connectivity index (χ4v) is 1.90. The highest BCUT2D eigenvalue weighted by atomic mass is 16.5. The second-order valence-corrected chi connectivity index (χ2v) is 4.47. The molecule has 0 radical (unpaired) electrons. The summed E-state index contributed by atoms with van der Waals surface area (Å²) in [6.45, 7) is 3.96. The lowest BCUT2D eigenvalue weighted by molar-refractivity contribution is 0.149. The van der Waals surface area contributed by atoms with Gasteiger partial charge in [-0.15, -0.1) is 0 Å². The van der Waals surface area contributed by atoms with Gasteiger partial charge >= 0.3 is 0 Å². The van der Waals surface area contributed by atoms with Crippen LogP contribution in [0.4, 0.5) is 0 Å². The van der Waals surface area contributed by atoms with Gasteiger partial charge in [0.15, 0.2) is 0 Å². The first-order valence-electron chi connectivity index (χ1n) is 5.91. The molecule has 0 aromatic carbocycles. The Kier molecular flexibility index (Phi) is 4.02. The molecule has 1 aliphatic carbocycles. The number of hydrogen-bond acceptors (Lipinski definition) is 2. The van der Waals surface area contributed by atoms with Crippen LogP contribution in [-0.4, -0.2) is 26.3 Å². The predicted octanol–water partition coefficient (Wildman–Crippen LogP) is 2.11. The van der Waals surface area contributed by atoms with Gasteiger partial charge in [0, 0.05) is 6.54 Å². The van der Waals surface area contributed by atoms with E-state index in [1.54, 1.807) is 0 Å². The summed E-state index contributed by atoms with van der Waals surface area (Å²) >= 11 is 0. The first-order valence-corrected chi connectivity index (χ1v) is 5.91. The Morgan fingerprint density at radius 3 is 3.07 bits per heavy atom. The van der Waals surface area contributed by atoms with Gasteiger partial charge in [-0.2, -0.15) is 0 Å². The average Bonchev–Trinajstić information content (AvgIpc) is 3.03. The average molecular weight is 195 g/mol. The predicted molar refractivity (Wildman–Crippen MR) is 58.3 cm³/mol. The summed E-state index contributed by atoms with van der Waals surface area (Å²) in [5.41, 5.74) is 1.43. The van der Waals surface area contributed by atoms with Crippen LogP contribution in [0.25, 0.3) is 0 Å². The largest absolute Gasteiger partial charge is 0.377 e. The Bertz CT molecular complexity index is 196. The lowest BCUT2D eigenvalue weighted by Crippen LogP contribution is -2.22. The molecule has 0 saturated heterocycles. The maximum Gasteiger partial charge on any atom is 0.0689 e. The SMILES string of the molecule is C1=C(CNCCCC2CC2)COCC1. The van der Waals surface area contributed by atoms with Gasteiger partial charge in [-0.05, 0) is 37.3 Å². The Hall–Kier alpha value is -0.340. The van der Waals surface area contributed by atoms with Gasteiger partial charge in [0.1, 0.15) is 0 Å². The van der Waals surface area contributed by atoms with Gasteiger partial charge < -0.3 is 10.1 Å². The Labute approximate surface area is 86.7 Å². The standard InChI is InChI=1S/C12H21NO/c1(3-11-5-6-11)7-13-9-12-4-2-8-14-10-12/h4,11,13H,1-3,5-10H2. The molecule has 80 valence electrons. The highest BCUT2D eigenvalue weighted by molar-refractivity contribution is 5.06. The van der Waals surface area contributed by atoms with Crippen LogP contribution < -0.4 is 5.32 Å². The molecule has 2 rings (SSSR count). The Morgan fingerprint density at radius 2 is 2.36 bits per heavy atom. The Morgan fingerprint density at radius 1 is 1.43 bits per heavy atom. The minimum Gasteiger partial charge on any atom is -0.377 e. The zero-order valence-corrected chi connectivity index (χ0v) is 8.93. The van der Waals surface area contributed by atoms with Crippen molar-refractivity contribution in [2.24, 2.45) is 5.92 Å². The van der Waals surface area contributed by atoms with E-state index in [0.717, 1.165) is 32.1 Å². The first-order chi connectivity index (χ1) is 6.95. The Balaban J connectivity index is 1.46. The van der Waals surface area contributed by atoms with E-state index in [4.69, 9.17) is 4.74 Å². The highest BCUT2D eigenvalue weighted by Gasteiger charge is 2.19. The summed E-state index contributed by atoms with van der Waals surface area (Å²) < 4.78 is 5.38. The third-order valence-corrected chi connectivity index (χ3v) is 3.00. The van der Waals surface area contributed by atoms with E-state index in [9.17, 15) is 0 Å². The van der Waals surface area contributed by atoms with Crippen LogP contribution in [-0.2, 0) is 4.74 Å². The summed E-state index contributed by atoms with van der Waals surface area (Å²) in [4.78, 5) is 0. The number of nitrogens with one attached hydrogen (secondary N) is 1. The van der Waals surface area contributed by atoms with Crippen molar-refractivity contribution in [3.63, 3.8) is 0 Å². The van der Waals surface area contributed by atoms with E-state index < -0.39 is 0 Å². The molecule has 1 fully saturated rings. The molecule has 14 heavy (non-hydrogen) atoms. The number of ether oxygens (including phenoxy) is 1. The molecule has 1 saturated carbocycles. The molecule has 1 aliphatic heterocycles. The summed E-state index contributed by atoms with van der Waals surface area (Å²) in [6, 6.07) is 0. The van der Waals surface area contributed by atoms with Crippen molar-refractivity contribution in [1.82, 2.24) is 5.32 Å². The van der Waals surface area contributed by atoms with Crippen molar-refractivity contribution in [3.8, 4) is 0 Å². The van der Waals surface area contributed by atoms with Crippen LogP contribution in [0.15, 0.2) is 11.6 Å². The van der Waals surface area contributed by atoms with Crippen LogP contribution in [0.1, 0.15) is 32.1 Å². The van der Waals surface area contributed by atoms with Gasteiger partial charge in [0.2, 0.25) is 0 Å². The maximum atomic E-state index is 5.38. The van der Waals surface area contributed by atoms with E-state index in [1.165, 1.54) is 37.8 Å². The van der Waals surface area contributed by atoms with Gasteiger partial charge in [-0.25, -0.2) is 0 Å². The van der Waals surface area contributed by atoms with Crippen molar-refractivity contribution < 1.29 is 4.74 Å². The second-order valence-electron chi connectivity index (χ2n) is 4.47. The normalized spacial score (nSPS) is 22.1. The van der Waals surface area contributed by atoms with Gasteiger partial charge in [-0.3, -0.25) is 0 Å². The first kappa shape index (κ1) is 10.2. The molecule has 1 N–H and O–H groups in total. The molecule has 0 amide bonds. The van der Waals surface area contributed by atoms with Crippen LogP contribution in [0.3, 0.4) is 0 Å². The van der Waals surface area contributed by atoms with Crippen LogP contribution >= 0.6 is 0 Å². The number of hydrogen-bond donors (Lipinski definition) is 1. The fraction of sp³-hybridized carbons (Fsp3) is 0.833. The van der Waals surface area contributed by atoms with Crippen LogP contribution in [0.2, 0.25) is 0 Å². The van der Waals surface area contributed by atoms with E-state index in [2.05, 4.69) is 11.4 Å². The fourth-order valence-electron chi connectivity index (χ4n) is 1.90. The van der Waals surface area contributed by atoms with Gasteiger partial charge in [0.05, 0.1) is 13.2 Å². The highest BCUT2D eigenvalue weighted by Crippen LogP contribution is 2.33. The zero-order chi connectivity index (χ0) is 9.64. The third-order valence-electron chi connectivity index (χ3n) is 3.00. The molecule has 0 aromatic heterocycles. The molecule has 2 heteroatoms. The summed E-state index contributed by atoms with van der Waals surface area (Å²) in [6.07, 6.45) is 9.16. The maximum absolute atomic E-state index is 5.38. The number of rotatable bonds is 6. The van der Waals surface area contributed by atoms with E-state index in [-0.39, 0.29) is 0 Å². The molecular formula is C12H21NO. The van der Waals surface area contributed by atoms with Crippen LogP contribution in [0, 0.1) is 5.92 Å². The molecule has 0 spiro atoms. The van der Waals surface area contributed by atoms with E-state index in [1.807, 2.05) is 0 Å². The summed E-state index contributed by atoms with van der Waals surface area (Å²) in [5, 5.41) is 3.49. The topological polar surface area (TPSA) is 21.3 Å². The zero-order valence-electron chi connectivity index (χ0n) is 8.93. The quantitative estimate of drug-likeness (QED) is 0.518. The molecule has 1 heterocycles. The summed E-state index contributed by atoms with van der Waals surface area (Å²) in [5.74, 6) is 1.08. The molecule has 0 atom stereocenters. The van der Waals surface area contributed by atoms with Gasteiger partial charge in [0.25, 0.3) is 0 Å². The summed E-state index contributed by atoms with van der Waals surface area (Å²) in [7, 11) is 0.